The van der Waals surface area contributed by atoms with Gasteiger partial charge in [-0.25, -0.2) is 4.79 Å². The molecule has 2 aliphatic heterocycles. The van der Waals surface area contributed by atoms with Gasteiger partial charge in [0.25, 0.3) is 5.91 Å². The van der Waals surface area contributed by atoms with Crippen molar-refractivity contribution in [3.05, 3.63) is 24.3 Å². The first-order chi connectivity index (χ1) is 13.1. The van der Waals surface area contributed by atoms with E-state index in [1.54, 1.807) is 24.3 Å². The van der Waals surface area contributed by atoms with Gasteiger partial charge in [0, 0.05) is 31.3 Å². The molecule has 0 aromatic heterocycles. The molecule has 9 heteroatoms. The molecule has 1 aromatic rings. The Morgan fingerprint density at radius 2 is 2.04 bits per heavy atom. The van der Waals surface area contributed by atoms with Crippen molar-refractivity contribution >= 4 is 35.9 Å². The fourth-order valence-corrected chi connectivity index (χ4v) is 3.34. The van der Waals surface area contributed by atoms with Gasteiger partial charge in [0.05, 0.1) is 0 Å². The molecule has 2 aliphatic rings. The van der Waals surface area contributed by atoms with E-state index in [0.29, 0.717) is 30.4 Å². The Labute approximate surface area is 170 Å². The van der Waals surface area contributed by atoms with Crippen LogP contribution in [0.1, 0.15) is 25.7 Å². The molecule has 0 radical (unpaired) electrons. The quantitative estimate of drug-likeness (QED) is 0.631. The summed E-state index contributed by atoms with van der Waals surface area (Å²) < 4.78 is 5.55. The lowest BCUT2D eigenvalue weighted by Gasteiger charge is -2.26. The number of amides is 4. The Kier molecular flexibility index (Phi) is 8.53. The number of urea groups is 1. The van der Waals surface area contributed by atoms with Crippen molar-refractivity contribution < 1.29 is 19.1 Å². The minimum absolute atomic E-state index is 0. The van der Waals surface area contributed by atoms with E-state index in [0.717, 1.165) is 32.4 Å². The molecule has 4 amide bonds. The number of ether oxygens (including phenoxy) is 1. The van der Waals surface area contributed by atoms with Crippen molar-refractivity contribution in [1.82, 2.24) is 16.0 Å². The van der Waals surface area contributed by atoms with Gasteiger partial charge in [0.15, 0.2) is 6.61 Å². The Hall–Kier alpha value is -2.32. The molecule has 1 aromatic carbocycles. The maximum atomic E-state index is 12.0. The molecule has 3 N–H and O–H groups in total. The van der Waals surface area contributed by atoms with Crippen molar-refractivity contribution in [2.45, 2.75) is 25.7 Å². The highest BCUT2D eigenvalue weighted by Crippen LogP contribution is 2.22. The normalized spacial score (nSPS) is 17.5. The number of nitrogens with zero attached hydrogens (tertiary/aromatic N) is 1. The molecule has 2 heterocycles. The summed E-state index contributed by atoms with van der Waals surface area (Å²) in [7, 11) is 0. The topological polar surface area (TPSA) is 99.8 Å². The number of hydrogen-bond donors (Lipinski definition) is 3. The molecule has 154 valence electrons. The van der Waals surface area contributed by atoms with E-state index in [9.17, 15) is 14.4 Å². The van der Waals surface area contributed by atoms with Crippen LogP contribution < -0.4 is 25.6 Å². The monoisotopic (exact) mass is 410 g/mol. The van der Waals surface area contributed by atoms with Gasteiger partial charge in [-0.15, -0.1) is 12.4 Å². The lowest BCUT2D eigenvalue weighted by atomic mass is 9.95. The molecular formula is C19H27ClN4O4. The van der Waals surface area contributed by atoms with Crippen LogP contribution in [-0.2, 0) is 9.59 Å². The fourth-order valence-electron chi connectivity index (χ4n) is 3.34. The molecule has 0 aliphatic carbocycles. The van der Waals surface area contributed by atoms with E-state index >= 15 is 0 Å². The third-order valence-electron chi connectivity index (χ3n) is 4.89. The van der Waals surface area contributed by atoms with Crippen LogP contribution in [0.25, 0.3) is 0 Å². The molecule has 0 bridgehead atoms. The minimum Gasteiger partial charge on any atom is -0.484 e. The minimum atomic E-state index is -0.445. The third-order valence-corrected chi connectivity index (χ3v) is 4.89. The Morgan fingerprint density at radius 3 is 2.79 bits per heavy atom. The summed E-state index contributed by atoms with van der Waals surface area (Å²) in [5.41, 5.74) is 0.629. The van der Waals surface area contributed by atoms with E-state index in [-0.39, 0.29) is 37.2 Å². The summed E-state index contributed by atoms with van der Waals surface area (Å²) in [6.07, 6.45) is 3.58. The second-order valence-electron chi connectivity index (χ2n) is 6.87. The van der Waals surface area contributed by atoms with Crippen LogP contribution >= 0.6 is 12.4 Å². The first-order valence-corrected chi connectivity index (χ1v) is 9.43. The molecule has 8 nitrogen and oxygen atoms in total. The van der Waals surface area contributed by atoms with Gasteiger partial charge in [-0.2, -0.15) is 0 Å². The Balaban J connectivity index is 0.00000280. The summed E-state index contributed by atoms with van der Waals surface area (Å²) in [5, 5.41) is 8.51. The van der Waals surface area contributed by atoms with E-state index < -0.39 is 6.03 Å². The summed E-state index contributed by atoms with van der Waals surface area (Å²) >= 11 is 0. The summed E-state index contributed by atoms with van der Waals surface area (Å²) in [6, 6.07) is 6.50. The first kappa shape index (κ1) is 22.0. The van der Waals surface area contributed by atoms with Crippen molar-refractivity contribution in [2.24, 2.45) is 5.92 Å². The van der Waals surface area contributed by atoms with Gasteiger partial charge in [0.1, 0.15) is 5.75 Å². The van der Waals surface area contributed by atoms with Crippen LogP contribution in [0.3, 0.4) is 0 Å². The Morgan fingerprint density at radius 1 is 1.25 bits per heavy atom. The van der Waals surface area contributed by atoms with Crippen LogP contribution in [-0.4, -0.2) is 50.6 Å². The number of carbonyl (C=O) groups excluding carboxylic acids is 3. The van der Waals surface area contributed by atoms with Crippen molar-refractivity contribution in [3.63, 3.8) is 0 Å². The van der Waals surface area contributed by atoms with Gasteiger partial charge in [-0.05, 0) is 50.4 Å². The highest BCUT2D eigenvalue weighted by molar-refractivity contribution is 6.05. The second-order valence-corrected chi connectivity index (χ2v) is 6.87. The molecule has 0 spiro atoms. The van der Waals surface area contributed by atoms with Crippen molar-refractivity contribution in [3.8, 4) is 5.75 Å². The number of hydrogen-bond acceptors (Lipinski definition) is 5. The van der Waals surface area contributed by atoms with E-state index in [2.05, 4.69) is 16.0 Å². The lowest BCUT2D eigenvalue weighted by molar-refractivity contribution is -0.123. The zero-order valence-corrected chi connectivity index (χ0v) is 16.6. The smallest absolute Gasteiger partial charge is 0.328 e. The lowest BCUT2D eigenvalue weighted by Crippen LogP contribution is -2.49. The average molecular weight is 411 g/mol. The predicted molar refractivity (Wildman–Crippen MR) is 108 cm³/mol. The molecule has 0 saturated carbocycles. The zero-order chi connectivity index (χ0) is 19.1. The van der Waals surface area contributed by atoms with Gasteiger partial charge >= 0.3 is 6.03 Å². The number of anilines is 1. The highest BCUT2D eigenvalue weighted by atomic mass is 35.5. The van der Waals surface area contributed by atoms with E-state index in [1.165, 1.54) is 4.90 Å². The number of imide groups is 1. The van der Waals surface area contributed by atoms with E-state index in [1.807, 2.05) is 0 Å². The standard InChI is InChI=1S/C19H26N4O4.ClH/c24-17-7-11-23(19(26)22-17)15-2-1-3-16(12-15)27-13-18(25)21-10-6-14-4-8-20-9-5-14;/h1-3,12,14,20H,4-11,13H2,(H,21,25)(H,22,24,26);1H. The largest absolute Gasteiger partial charge is 0.484 e. The number of carbonyl (C=O) groups is 3. The molecule has 2 saturated heterocycles. The van der Waals surface area contributed by atoms with Crippen molar-refractivity contribution in [2.75, 3.05) is 37.7 Å². The van der Waals surface area contributed by atoms with Gasteiger partial charge < -0.3 is 15.4 Å². The van der Waals surface area contributed by atoms with Crippen LogP contribution in [0.2, 0.25) is 0 Å². The fraction of sp³-hybridized carbons (Fsp3) is 0.526. The van der Waals surface area contributed by atoms with Crippen LogP contribution in [0.4, 0.5) is 10.5 Å². The van der Waals surface area contributed by atoms with Gasteiger partial charge in [0.2, 0.25) is 5.91 Å². The number of nitrogens with one attached hydrogen (secondary N) is 3. The number of piperidine rings is 1. The molecule has 3 rings (SSSR count). The highest BCUT2D eigenvalue weighted by Gasteiger charge is 2.24. The summed E-state index contributed by atoms with van der Waals surface area (Å²) in [6.45, 7) is 3.03. The Bertz CT molecular complexity index is 694. The second kappa shape index (κ2) is 10.9. The van der Waals surface area contributed by atoms with Crippen LogP contribution in [0.5, 0.6) is 5.75 Å². The number of benzene rings is 1. The first-order valence-electron chi connectivity index (χ1n) is 9.43. The van der Waals surface area contributed by atoms with Crippen LogP contribution in [0, 0.1) is 5.92 Å². The molecule has 0 atom stereocenters. The summed E-state index contributed by atoms with van der Waals surface area (Å²) in [4.78, 5) is 36.6. The molecular weight excluding hydrogens is 384 g/mol. The average Bonchev–Trinajstić information content (AvgIpc) is 2.67. The third kappa shape index (κ3) is 6.38. The maximum absolute atomic E-state index is 12.0. The maximum Gasteiger partial charge on any atom is 0.328 e. The van der Waals surface area contributed by atoms with Crippen molar-refractivity contribution in [1.29, 1.82) is 0 Å². The van der Waals surface area contributed by atoms with E-state index in [4.69, 9.17) is 4.74 Å². The van der Waals surface area contributed by atoms with Gasteiger partial charge in [-0.1, -0.05) is 6.07 Å². The van der Waals surface area contributed by atoms with Gasteiger partial charge in [-0.3, -0.25) is 19.8 Å². The molecule has 0 unspecified atom stereocenters. The molecule has 28 heavy (non-hydrogen) atoms. The SMILES string of the molecule is Cl.O=C(COc1cccc(N2CCC(=O)NC2=O)c1)NCCC1CCNCC1. The predicted octanol–water partition coefficient (Wildman–Crippen LogP) is 1.44. The summed E-state index contributed by atoms with van der Waals surface area (Å²) in [5.74, 6) is 0.748. The number of rotatable bonds is 7. The van der Waals surface area contributed by atoms with Crippen LogP contribution in [0.15, 0.2) is 24.3 Å². The number of halogens is 1. The zero-order valence-electron chi connectivity index (χ0n) is 15.7. The molecule has 2 fully saturated rings.